The Morgan fingerprint density at radius 1 is 1.03 bits per heavy atom. The number of rotatable bonds is 9. The third-order valence-corrected chi connectivity index (χ3v) is 7.81. The molecule has 4 rings (SSSR count). The SMILES string of the molecule is CCCN1C(c2ccccc2)=CC(C(=O)NCCCN2CCN(c3cccc(Cl)c3C)CC2)C1C. The van der Waals surface area contributed by atoms with Crippen LogP contribution in [0, 0.1) is 12.8 Å². The molecule has 2 atom stereocenters. The van der Waals surface area contributed by atoms with Crippen LogP contribution in [-0.2, 0) is 4.79 Å². The molecule has 1 saturated heterocycles. The first-order valence-electron chi connectivity index (χ1n) is 13.0. The highest BCUT2D eigenvalue weighted by Gasteiger charge is 2.35. The Morgan fingerprint density at radius 2 is 1.77 bits per heavy atom. The zero-order valence-corrected chi connectivity index (χ0v) is 22.1. The zero-order chi connectivity index (χ0) is 24.8. The maximum Gasteiger partial charge on any atom is 0.229 e. The minimum absolute atomic E-state index is 0.110. The van der Waals surface area contributed by atoms with Crippen molar-refractivity contribution in [3.05, 3.63) is 70.8 Å². The van der Waals surface area contributed by atoms with Crippen molar-refractivity contribution in [3.63, 3.8) is 0 Å². The lowest BCUT2D eigenvalue weighted by atomic mass is 10.0. The Morgan fingerprint density at radius 3 is 2.49 bits per heavy atom. The number of nitrogens with one attached hydrogen (secondary N) is 1. The van der Waals surface area contributed by atoms with Gasteiger partial charge in [0.2, 0.25) is 5.91 Å². The fraction of sp³-hybridized carbons (Fsp3) is 0.483. The number of hydrogen-bond acceptors (Lipinski definition) is 4. The summed E-state index contributed by atoms with van der Waals surface area (Å²) >= 11 is 6.31. The summed E-state index contributed by atoms with van der Waals surface area (Å²) in [6, 6.07) is 16.8. The third-order valence-electron chi connectivity index (χ3n) is 7.40. The van der Waals surface area contributed by atoms with Gasteiger partial charge < -0.3 is 15.1 Å². The molecule has 2 aromatic rings. The Balaban J connectivity index is 1.24. The van der Waals surface area contributed by atoms with E-state index in [9.17, 15) is 4.79 Å². The highest BCUT2D eigenvalue weighted by atomic mass is 35.5. The molecule has 0 spiro atoms. The van der Waals surface area contributed by atoms with Crippen molar-refractivity contribution in [1.82, 2.24) is 15.1 Å². The van der Waals surface area contributed by atoms with E-state index in [-0.39, 0.29) is 17.9 Å². The summed E-state index contributed by atoms with van der Waals surface area (Å²) in [5.74, 6) is 0.0343. The number of anilines is 1. The van der Waals surface area contributed by atoms with Crippen molar-refractivity contribution in [2.75, 3.05) is 50.7 Å². The van der Waals surface area contributed by atoms with Gasteiger partial charge in [0, 0.05) is 61.7 Å². The van der Waals surface area contributed by atoms with E-state index in [0.717, 1.165) is 69.2 Å². The normalized spacial score (nSPS) is 20.7. The summed E-state index contributed by atoms with van der Waals surface area (Å²) in [6.45, 7) is 13.2. The average Bonchev–Trinajstić information content (AvgIpc) is 3.21. The van der Waals surface area contributed by atoms with Gasteiger partial charge in [0.1, 0.15) is 0 Å². The number of amides is 1. The number of hydrogen-bond donors (Lipinski definition) is 1. The van der Waals surface area contributed by atoms with Gasteiger partial charge in [-0.25, -0.2) is 0 Å². The molecule has 2 aliphatic heterocycles. The second-order valence-electron chi connectivity index (χ2n) is 9.73. The number of nitrogens with zero attached hydrogens (tertiary/aromatic N) is 3. The van der Waals surface area contributed by atoms with Crippen molar-refractivity contribution < 1.29 is 4.79 Å². The molecule has 1 N–H and O–H groups in total. The molecule has 0 bridgehead atoms. The van der Waals surface area contributed by atoms with Crippen LogP contribution in [0.4, 0.5) is 5.69 Å². The molecule has 2 heterocycles. The standard InChI is InChI=1S/C29H39ClN4O/c1-4-15-34-23(3)25(21-28(34)24-10-6-5-7-11-24)29(35)31-14-9-16-32-17-19-33(20-18-32)27-13-8-12-26(30)22(27)2/h5-8,10-13,21,23,25H,4,9,14-20H2,1-3H3,(H,31,35). The first kappa shape index (κ1) is 25.6. The van der Waals surface area contributed by atoms with Crippen molar-refractivity contribution in [1.29, 1.82) is 0 Å². The van der Waals surface area contributed by atoms with Crippen LogP contribution in [0.25, 0.3) is 5.70 Å². The van der Waals surface area contributed by atoms with Gasteiger partial charge in [0.25, 0.3) is 0 Å². The topological polar surface area (TPSA) is 38.8 Å². The van der Waals surface area contributed by atoms with Gasteiger partial charge in [0.15, 0.2) is 0 Å². The molecule has 0 saturated carbocycles. The summed E-state index contributed by atoms with van der Waals surface area (Å²) < 4.78 is 0. The van der Waals surface area contributed by atoms with Crippen LogP contribution in [-0.4, -0.2) is 67.6 Å². The van der Waals surface area contributed by atoms with E-state index in [1.807, 2.05) is 18.2 Å². The van der Waals surface area contributed by atoms with Crippen LogP contribution < -0.4 is 10.2 Å². The second-order valence-corrected chi connectivity index (χ2v) is 10.1. The van der Waals surface area contributed by atoms with E-state index >= 15 is 0 Å². The molecule has 5 nitrogen and oxygen atoms in total. The number of benzene rings is 2. The van der Waals surface area contributed by atoms with Crippen molar-refractivity contribution in [2.45, 2.75) is 39.7 Å². The molecule has 2 unspecified atom stereocenters. The lowest BCUT2D eigenvalue weighted by Crippen LogP contribution is -2.47. The fourth-order valence-electron chi connectivity index (χ4n) is 5.33. The second kappa shape index (κ2) is 12.0. The quantitative estimate of drug-likeness (QED) is 0.495. The van der Waals surface area contributed by atoms with Gasteiger partial charge >= 0.3 is 0 Å². The number of piperazine rings is 1. The minimum Gasteiger partial charge on any atom is -0.369 e. The molecule has 0 radical (unpaired) electrons. The highest BCUT2D eigenvalue weighted by Crippen LogP contribution is 2.34. The summed E-state index contributed by atoms with van der Waals surface area (Å²) in [5.41, 5.74) is 4.78. The molecule has 35 heavy (non-hydrogen) atoms. The van der Waals surface area contributed by atoms with E-state index in [0.29, 0.717) is 0 Å². The largest absolute Gasteiger partial charge is 0.369 e. The van der Waals surface area contributed by atoms with E-state index in [1.54, 1.807) is 0 Å². The van der Waals surface area contributed by atoms with E-state index in [4.69, 9.17) is 11.6 Å². The smallest absolute Gasteiger partial charge is 0.229 e. The zero-order valence-electron chi connectivity index (χ0n) is 21.3. The van der Waals surface area contributed by atoms with Gasteiger partial charge in [-0.2, -0.15) is 0 Å². The number of halogens is 1. The lowest BCUT2D eigenvalue weighted by Gasteiger charge is -2.37. The number of carbonyl (C=O) groups excluding carboxylic acids is 1. The Hall–Kier alpha value is -2.50. The third kappa shape index (κ3) is 6.02. The van der Waals surface area contributed by atoms with Gasteiger partial charge in [-0.15, -0.1) is 0 Å². The van der Waals surface area contributed by atoms with Crippen molar-refractivity contribution in [3.8, 4) is 0 Å². The number of carbonyl (C=O) groups is 1. The fourth-order valence-corrected chi connectivity index (χ4v) is 5.50. The van der Waals surface area contributed by atoms with Crippen LogP contribution in [0.2, 0.25) is 5.02 Å². The van der Waals surface area contributed by atoms with Crippen molar-refractivity contribution in [2.24, 2.45) is 5.92 Å². The molecular formula is C29H39ClN4O. The summed E-state index contributed by atoms with van der Waals surface area (Å²) in [4.78, 5) is 20.4. The van der Waals surface area contributed by atoms with Crippen LogP contribution in [0.5, 0.6) is 0 Å². The van der Waals surface area contributed by atoms with Crippen LogP contribution >= 0.6 is 11.6 Å². The van der Waals surface area contributed by atoms with Gasteiger partial charge in [-0.05, 0) is 62.6 Å². The lowest BCUT2D eigenvalue weighted by molar-refractivity contribution is -0.124. The molecule has 188 valence electrons. The van der Waals surface area contributed by atoms with Crippen LogP contribution in [0.3, 0.4) is 0 Å². The predicted octanol–water partition coefficient (Wildman–Crippen LogP) is 5.05. The molecule has 1 fully saturated rings. The van der Waals surface area contributed by atoms with Gasteiger partial charge in [-0.3, -0.25) is 9.69 Å². The summed E-state index contributed by atoms with van der Waals surface area (Å²) in [5, 5.41) is 4.05. The molecule has 2 aromatic carbocycles. The molecular weight excluding hydrogens is 456 g/mol. The van der Waals surface area contributed by atoms with Crippen LogP contribution in [0.15, 0.2) is 54.6 Å². The van der Waals surface area contributed by atoms with Gasteiger partial charge in [-0.1, -0.05) is 54.9 Å². The van der Waals surface area contributed by atoms with E-state index in [1.165, 1.54) is 16.9 Å². The Bertz CT molecular complexity index is 1020. The maximum atomic E-state index is 13.1. The molecule has 2 aliphatic rings. The predicted molar refractivity (Wildman–Crippen MR) is 147 cm³/mol. The first-order valence-corrected chi connectivity index (χ1v) is 13.4. The minimum atomic E-state index is -0.110. The van der Waals surface area contributed by atoms with Crippen molar-refractivity contribution >= 4 is 28.9 Å². The molecule has 6 heteroatoms. The average molecular weight is 495 g/mol. The Labute approximate surface area is 215 Å². The van der Waals surface area contributed by atoms with E-state index in [2.05, 4.69) is 77.2 Å². The molecule has 0 aromatic heterocycles. The molecule has 0 aliphatic carbocycles. The first-order chi connectivity index (χ1) is 17.0. The monoisotopic (exact) mass is 494 g/mol. The van der Waals surface area contributed by atoms with Crippen LogP contribution in [0.1, 0.15) is 37.8 Å². The summed E-state index contributed by atoms with van der Waals surface area (Å²) in [7, 11) is 0. The maximum absolute atomic E-state index is 13.1. The van der Waals surface area contributed by atoms with E-state index < -0.39 is 0 Å². The Kier molecular flexibility index (Phi) is 8.74. The molecule has 1 amide bonds. The summed E-state index contributed by atoms with van der Waals surface area (Å²) in [6.07, 6.45) is 4.20. The highest BCUT2D eigenvalue weighted by molar-refractivity contribution is 6.31. The van der Waals surface area contributed by atoms with Gasteiger partial charge in [0.05, 0.1) is 5.92 Å².